The summed E-state index contributed by atoms with van der Waals surface area (Å²) in [5.74, 6) is -2.14. The smallest absolute Gasteiger partial charge is 0.327 e. The predicted molar refractivity (Wildman–Crippen MR) is 95.4 cm³/mol. The van der Waals surface area contributed by atoms with Crippen molar-refractivity contribution in [2.24, 2.45) is 11.1 Å². The number of hydrogen-bond acceptors (Lipinski definition) is 6. The number of fused-ring (bicyclic) bond motifs is 1. The summed E-state index contributed by atoms with van der Waals surface area (Å²) in [5.41, 5.74) is 5.52. The molecule has 0 spiro atoms. The number of carboxylic acids is 1. The highest BCUT2D eigenvalue weighted by molar-refractivity contribution is 7.80. The van der Waals surface area contributed by atoms with Gasteiger partial charge in [0, 0.05) is 10.3 Å². The third kappa shape index (κ3) is 2.55. The van der Waals surface area contributed by atoms with Gasteiger partial charge in [0.25, 0.3) is 0 Å². The number of nitrogens with one attached hydrogen (secondary N) is 1. The molecule has 2 saturated heterocycles. The maximum atomic E-state index is 12.4. The molecule has 0 aromatic heterocycles. The van der Waals surface area contributed by atoms with Crippen molar-refractivity contribution in [3.63, 3.8) is 0 Å². The van der Waals surface area contributed by atoms with Crippen LogP contribution in [-0.2, 0) is 14.4 Å². The van der Waals surface area contributed by atoms with Crippen LogP contribution in [0.5, 0.6) is 5.75 Å². The quantitative estimate of drug-likeness (QED) is 0.427. The Bertz CT molecular complexity index is 807. The first-order chi connectivity index (χ1) is 12.1. The highest BCUT2D eigenvalue weighted by Crippen LogP contribution is 2.45. The second-order valence-electron chi connectivity index (χ2n) is 7.07. The number of carboxylic acid groups (broad SMARTS) is 1. The number of phenolic OH excluding ortho intramolecular Hbond substituents is 1. The average molecular weight is 377 g/mol. The van der Waals surface area contributed by atoms with Crippen molar-refractivity contribution in [3.8, 4) is 5.75 Å². The van der Waals surface area contributed by atoms with E-state index in [1.165, 1.54) is 29.2 Å². The molecule has 4 atom stereocenters. The molecule has 2 fully saturated rings. The van der Waals surface area contributed by atoms with Crippen molar-refractivity contribution in [1.82, 2.24) is 10.2 Å². The van der Waals surface area contributed by atoms with Crippen LogP contribution in [0.4, 0.5) is 0 Å². The van der Waals surface area contributed by atoms with Gasteiger partial charge in [0.05, 0.1) is 6.04 Å². The number of β-lactam (4-membered cyclic amide) rings is 1. The molecule has 2 aliphatic rings. The molecule has 0 aliphatic carbocycles. The number of aliphatic carboxylic acids is 1. The van der Waals surface area contributed by atoms with Crippen molar-refractivity contribution in [3.05, 3.63) is 29.8 Å². The van der Waals surface area contributed by atoms with Gasteiger partial charge in [-0.2, -0.15) is 0 Å². The van der Waals surface area contributed by atoms with E-state index in [-0.39, 0.29) is 5.75 Å². The van der Waals surface area contributed by atoms with Crippen molar-refractivity contribution in [1.29, 1.82) is 0 Å². The van der Waals surface area contributed by atoms with E-state index < -0.39 is 47.4 Å². The van der Waals surface area contributed by atoms with Crippen LogP contribution < -0.4 is 11.1 Å². The minimum Gasteiger partial charge on any atom is -0.508 e. The summed E-state index contributed by atoms with van der Waals surface area (Å²) in [4.78, 5) is 38.1. The standard InChI is InChI=1S/C17H19N3O5S/c1-17(2)12(16(24)25)20-11(13(17)26)10(15(20)23)19-14(22)9(18)7-3-5-8(21)6-4-7/h3-6,9-12,21H,18H2,1-2H3,(H,19,22)(H,24,25)/t9?,10-,11-,12-/m1/s1. The maximum absolute atomic E-state index is 12.4. The minimum absolute atomic E-state index is 0.0458. The predicted octanol–water partition coefficient (Wildman–Crippen LogP) is -0.0495. The summed E-state index contributed by atoms with van der Waals surface area (Å²) in [6.07, 6.45) is 0. The lowest BCUT2D eigenvalue weighted by atomic mass is 9.83. The molecule has 0 radical (unpaired) electrons. The first-order valence-corrected chi connectivity index (χ1v) is 8.42. The second kappa shape index (κ2) is 6.03. The molecule has 0 bridgehead atoms. The number of rotatable bonds is 4. The van der Waals surface area contributed by atoms with E-state index >= 15 is 0 Å². The summed E-state index contributed by atoms with van der Waals surface area (Å²) >= 11 is 5.39. The number of amides is 2. The van der Waals surface area contributed by atoms with Gasteiger partial charge < -0.3 is 26.2 Å². The number of aromatic hydroxyl groups is 1. The molecule has 1 unspecified atom stereocenters. The van der Waals surface area contributed by atoms with Crippen molar-refractivity contribution in [2.45, 2.75) is 38.0 Å². The maximum Gasteiger partial charge on any atom is 0.327 e. The van der Waals surface area contributed by atoms with Crippen molar-refractivity contribution >= 4 is 34.9 Å². The van der Waals surface area contributed by atoms with E-state index in [9.17, 15) is 24.6 Å². The largest absolute Gasteiger partial charge is 0.508 e. The Morgan fingerprint density at radius 3 is 2.42 bits per heavy atom. The Labute approximate surface area is 155 Å². The number of nitrogens with zero attached hydrogens (tertiary/aromatic N) is 1. The number of phenols is 1. The normalized spacial score (nSPS) is 27.5. The first kappa shape index (κ1) is 18.3. The molecule has 2 heterocycles. The molecule has 9 heteroatoms. The van der Waals surface area contributed by atoms with Gasteiger partial charge in [0.2, 0.25) is 11.8 Å². The fourth-order valence-electron chi connectivity index (χ4n) is 3.58. The summed E-state index contributed by atoms with van der Waals surface area (Å²) in [6, 6.07) is 2.21. The third-order valence-corrected chi connectivity index (χ3v) is 5.84. The van der Waals surface area contributed by atoms with Crippen LogP contribution >= 0.6 is 12.2 Å². The third-order valence-electron chi connectivity index (χ3n) is 5.07. The topological polar surface area (TPSA) is 133 Å². The fourth-order valence-corrected chi connectivity index (χ4v) is 3.95. The Balaban J connectivity index is 1.77. The SMILES string of the molecule is CC1(C)C(=S)[C@H]2[C@@H](NC(=O)C(N)c3ccc(O)cc3)C(=O)N2[C@@H]1C(=O)O. The lowest BCUT2D eigenvalue weighted by Gasteiger charge is -2.44. The molecular formula is C17H19N3O5S. The number of carbonyl (C=O) groups is 3. The average Bonchev–Trinajstić information content (AvgIpc) is 2.77. The van der Waals surface area contributed by atoms with E-state index in [0.717, 1.165) is 0 Å². The zero-order chi connectivity index (χ0) is 19.4. The van der Waals surface area contributed by atoms with E-state index in [1.807, 2.05) is 0 Å². The Morgan fingerprint density at radius 2 is 1.88 bits per heavy atom. The van der Waals surface area contributed by atoms with Gasteiger partial charge in [-0.05, 0) is 17.7 Å². The van der Waals surface area contributed by atoms with E-state index in [4.69, 9.17) is 18.0 Å². The van der Waals surface area contributed by atoms with Gasteiger partial charge >= 0.3 is 5.97 Å². The van der Waals surface area contributed by atoms with Gasteiger partial charge in [-0.15, -0.1) is 0 Å². The van der Waals surface area contributed by atoms with Gasteiger partial charge in [0.1, 0.15) is 23.9 Å². The molecule has 2 aliphatic heterocycles. The van der Waals surface area contributed by atoms with E-state index in [1.54, 1.807) is 13.8 Å². The van der Waals surface area contributed by atoms with Crippen LogP contribution in [0, 0.1) is 5.41 Å². The van der Waals surface area contributed by atoms with Crippen LogP contribution in [0.25, 0.3) is 0 Å². The number of thiocarbonyl (C=S) groups is 1. The zero-order valence-corrected chi connectivity index (χ0v) is 15.0. The van der Waals surface area contributed by atoms with Crippen LogP contribution in [0.1, 0.15) is 25.5 Å². The number of benzene rings is 1. The zero-order valence-electron chi connectivity index (χ0n) is 14.2. The van der Waals surface area contributed by atoms with E-state index in [0.29, 0.717) is 10.4 Å². The molecule has 1 aromatic carbocycles. The summed E-state index contributed by atoms with van der Waals surface area (Å²) in [6.45, 7) is 3.36. The number of carbonyl (C=O) groups excluding carboxylic acids is 2. The van der Waals surface area contributed by atoms with Crippen LogP contribution in [0.15, 0.2) is 24.3 Å². The molecule has 0 saturated carbocycles. The van der Waals surface area contributed by atoms with Gasteiger partial charge in [-0.25, -0.2) is 4.79 Å². The molecule has 1 aromatic rings. The fraction of sp³-hybridized carbons (Fsp3) is 0.412. The lowest BCUT2D eigenvalue weighted by Crippen LogP contribution is -2.72. The minimum atomic E-state index is -1.13. The molecular weight excluding hydrogens is 358 g/mol. The Morgan fingerprint density at radius 1 is 1.31 bits per heavy atom. The highest BCUT2D eigenvalue weighted by Gasteiger charge is 2.66. The lowest BCUT2D eigenvalue weighted by molar-refractivity contribution is -0.162. The summed E-state index contributed by atoms with van der Waals surface area (Å²) in [7, 11) is 0. The van der Waals surface area contributed by atoms with Crippen LogP contribution in [0.2, 0.25) is 0 Å². The Kier molecular flexibility index (Phi) is 4.24. The van der Waals surface area contributed by atoms with Gasteiger partial charge in [-0.3, -0.25) is 9.59 Å². The van der Waals surface area contributed by atoms with Crippen LogP contribution in [0.3, 0.4) is 0 Å². The Hall–Kier alpha value is -2.52. The van der Waals surface area contributed by atoms with Gasteiger partial charge in [0.15, 0.2) is 0 Å². The van der Waals surface area contributed by atoms with Crippen molar-refractivity contribution in [2.75, 3.05) is 0 Å². The highest BCUT2D eigenvalue weighted by atomic mass is 32.1. The molecule has 2 amide bonds. The second-order valence-corrected chi connectivity index (χ2v) is 7.51. The van der Waals surface area contributed by atoms with E-state index in [2.05, 4.69) is 5.32 Å². The molecule has 3 rings (SSSR count). The van der Waals surface area contributed by atoms with Crippen LogP contribution in [-0.4, -0.2) is 55.9 Å². The monoisotopic (exact) mass is 377 g/mol. The first-order valence-electron chi connectivity index (χ1n) is 8.01. The molecule has 5 N–H and O–H groups in total. The molecule has 26 heavy (non-hydrogen) atoms. The molecule has 138 valence electrons. The molecule has 8 nitrogen and oxygen atoms in total. The number of hydrogen-bond donors (Lipinski definition) is 4. The summed E-state index contributed by atoms with van der Waals surface area (Å²) in [5, 5.41) is 21.3. The van der Waals surface area contributed by atoms with Crippen molar-refractivity contribution < 1.29 is 24.6 Å². The summed E-state index contributed by atoms with van der Waals surface area (Å²) < 4.78 is 0. The van der Waals surface area contributed by atoms with Gasteiger partial charge in [-0.1, -0.05) is 38.2 Å². The number of nitrogens with two attached hydrogens (primary N) is 1.